The number of rotatable bonds is 5. The molecular formula is C14H19N7O. The average molecular weight is 301 g/mol. The minimum absolute atomic E-state index is 0.311. The van der Waals surface area contributed by atoms with Crippen LogP contribution >= 0.6 is 0 Å². The van der Waals surface area contributed by atoms with Gasteiger partial charge >= 0.3 is 0 Å². The van der Waals surface area contributed by atoms with Crippen LogP contribution in [0.3, 0.4) is 0 Å². The molecule has 8 heteroatoms. The Morgan fingerprint density at radius 3 is 2.73 bits per heavy atom. The molecule has 0 aliphatic heterocycles. The molecule has 2 aliphatic carbocycles. The molecule has 4 N–H and O–H groups in total. The van der Waals surface area contributed by atoms with E-state index in [9.17, 15) is 0 Å². The minimum Gasteiger partial charge on any atom is -0.373 e. The molecule has 0 spiro atoms. The number of nitrogens with two attached hydrogens (primary N) is 1. The molecular weight excluding hydrogens is 282 g/mol. The van der Waals surface area contributed by atoms with Crippen LogP contribution in [0.4, 0.5) is 17.7 Å². The van der Waals surface area contributed by atoms with Crippen molar-refractivity contribution in [1.29, 1.82) is 0 Å². The molecule has 2 heterocycles. The van der Waals surface area contributed by atoms with Crippen molar-refractivity contribution in [3.05, 3.63) is 17.7 Å². The number of nitrogens with one attached hydrogen (secondary N) is 2. The molecule has 0 radical (unpaired) electrons. The third kappa shape index (κ3) is 2.56. The van der Waals surface area contributed by atoms with Crippen molar-refractivity contribution in [3.8, 4) is 0 Å². The lowest BCUT2D eigenvalue weighted by molar-refractivity contribution is 0.358. The molecule has 2 fully saturated rings. The Labute approximate surface area is 127 Å². The molecule has 116 valence electrons. The second kappa shape index (κ2) is 5.11. The summed E-state index contributed by atoms with van der Waals surface area (Å²) in [7, 11) is 1.82. The maximum atomic E-state index is 5.74. The van der Waals surface area contributed by atoms with Crippen molar-refractivity contribution in [2.24, 2.45) is 0 Å². The first-order chi connectivity index (χ1) is 10.7. The van der Waals surface area contributed by atoms with Crippen molar-refractivity contribution in [2.45, 2.75) is 43.6 Å². The SMILES string of the molecule is CNc1cc(C2CC(Nc3noc(C4CC4)n3)C2)nc(N)n1. The van der Waals surface area contributed by atoms with Crippen LogP contribution in [0.5, 0.6) is 0 Å². The highest BCUT2D eigenvalue weighted by Gasteiger charge is 2.34. The lowest BCUT2D eigenvalue weighted by atomic mass is 9.78. The van der Waals surface area contributed by atoms with Gasteiger partial charge in [-0.15, -0.1) is 0 Å². The highest BCUT2D eigenvalue weighted by molar-refractivity contribution is 5.41. The summed E-state index contributed by atoms with van der Waals surface area (Å²) >= 11 is 0. The Balaban J connectivity index is 1.36. The fourth-order valence-electron chi connectivity index (χ4n) is 2.77. The van der Waals surface area contributed by atoms with E-state index < -0.39 is 0 Å². The standard InChI is InChI=1S/C14H19N7O/c1-16-11-6-10(18-13(15)19-11)8-4-9(5-8)17-14-20-12(22-21-14)7-2-3-7/h6-9H,2-5H2,1H3,(H,17,21)(H3,15,16,18,19). The normalized spacial score (nSPS) is 23.9. The van der Waals surface area contributed by atoms with E-state index in [1.807, 2.05) is 13.1 Å². The van der Waals surface area contributed by atoms with E-state index in [4.69, 9.17) is 10.3 Å². The highest BCUT2D eigenvalue weighted by atomic mass is 16.5. The lowest BCUT2D eigenvalue weighted by Crippen LogP contribution is -2.35. The fraction of sp³-hybridized carbons (Fsp3) is 0.571. The molecule has 0 unspecified atom stereocenters. The zero-order valence-electron chi connectivity index (χ0n) is 12.4. The first-order valence-electron chi connectivity index (χ1n) is 7.63. The van der Waals surface area contributed by atoms with Crippen LogP contribution in [0.2, 0.25) is 0 Å². The van der Waals surface area contributed by atoms with E-state index in [-0.39, 0.29) is 0 Å². The second-order valence-electron chi connectivity index (χ2n) is 6.03. The van der Waals surface area contributed by atoms with Crippen LogP contribution in [-0.2, 0) is 0 Å². The largest absolute Gasteiger partial charge is 0.373 e. The van der Waals surface area contributed by atoms with Gasteiger partial charge in [0.05, 0.1) is 5.69 Å². The third-order valence-electron chi connectivity index (χ3n) is 4.28. The molecule has 0 aromatic carbocycles. The van der Waals surface area contributed by atoms with E-state index in [0.717, 1.165) is 43.1 Å². The maximum absolute atomic E-state index is 5.74. The number of hydrogen-bond acceptors (Lipinski definition) is 8. The second-order valence-corrected chi connectivity index (χ2v) is 6.03. The molecule has 2 aromatic rings. The summed E-state index contributed by atoms with van der Waals surface area (Å²) in [5.41, 5.74) is 6.72. The first kappa shape index (κ1) is 13.3. The van der Waals surface area contributed by atoms with E-state index in [1.165, 1.54) is 0 Å². The lowest BCUT2D eigenvalue weighted by Gasteiger charge is -2.35. The van der Waals surface area contributed by atoms with Crippen LogP contribution < -0.4 is 16.4 Å². The number of hydrogen-bond donors (Lipinski definition) is 3. The molecule has 2 aliphatic rings. The van der Waals surface area contributed by atoms with Crippen LogP contribution in [0.1, 0.15) is 49.1 Å². The minimum atomic E-state index is 0.311. The number of aromatic nitrogens is 4. The predicted molar refractivity (Wildman–Crippen MR) is 81.6 cm³/mol. The molecule has 0 atom stereocenters. The molecule has 0 bridgehead atoms. The van der Waals surface area contributed by atoms with Crippen molar-refractivity contribution >= 4 is 17.7 Å². The summed E-state index contributed by atoms with van der Waals surface area (Å²) in [5.74, 6) is 3.31. The molecule has 0 amide bonds. The number of anilines is 3. The molecule has 2 saturated carbocycles. The predicted octanol–water partition coefficient (Wildman–Crippen LogP) is 1.72. The van der Waals surface area contributed by atoms with E-state index in [0.29, 0.717) is 29.8 Å². The summed E-state index contributed by atoms with van der Waals surface area (Å²) in [4.78, 5) is 12.8. The van der Waals surface area contributed by atoms with Gasteiger partial charge in [0.2, 0.25) is 11.8 Å². The highest BCUT2D eigenvalue weighted by Crippen LogP contribution is 2.40. The van der Waals surface area contributed by atoms with E-state index >= 15 is 0 Å². The van der Waals surface area contributed by atoms with Gasteiger partial charge in [0.15, 0.2) is 0 Å². The molecule has 0 saturated heterocycles. The van der Waals surface area contributed by atoms with Gasteiger partial charge in [-0.1, -0.05) is 0 Å². The van der Waals surface area contributed by atoms with Crippen LogP contribution in [-0.4, -0.2) is 33.2 Å². The molecule has 2 aromatic heterocycles. The Bertz CT molecular complexity index is 676. The molecule has 8 nitrogen and oxygen atoms in total. The Hall–Kier alpha value is -2.38. The third-order valence-corrected chi connectivity index (χ3v) is 4.28. The quantitative estimate of drug-likeness (QED) is 0.764. The molecule has 22 heavy (non-hydrogen) atoms. The van der Waals surface area contributed by atoms with Gasteiger partial charge in [0.25, 0.3) is 5.95 Å². The first-order valence-corrected chi connectivity index (χ1v) is 7.63. The van der Waals surface area contributed by atoms with Crippen molar-refractivity contribution in [3.63, 3.8) is 0 Å². The topological polar surface area (TPSA) is 115 Å². The fourth-order valence-corrected chi connectivity index (χ4v) is 2.77. The number of nitrogens with zero attached hydrogens (tertiary/aromatic N) is 4. The average Bonchev–Trinajstić information content (AvgIpc) is 3.21. The van der Waals surface area contributed by atoms with Crippen LogP contribution in [0, 0.1) is 0 Å². The van der Waals surface area contributed by atoms with Crippen molar-refractivity contribution < 1.29 is 4.52 Å². The number of nitrogen functional groups attached to an aromatic ring is 1. The Morgan fingerprint density at radius 2 is 2.00 bits per heavy atom. The summed E-state index contributed by atoms with van der Waals surface area (Å²) in [6, 6.07) is 2.31. The zero-order chi connectivity index (χ0) is 15.1. The monoisotopic (exact) mass is 301 g/mol. The Kier molecular flexibility index (Phi) is 3.09. The molecule has 4 rings (SSSR count). The van der Waals surface area contributed by atoms with Crippen molar-refractivity contribution in [1.82, 2.24) is 20.1 Å². The van der Waals surface area contributed by atoms with Gasteiger partial charge in [-0.2, -0.15) is 9.97 Å². The van der Waals surface area contributed by atoms with Gasteiger partial charge in [0.1, 0.15) is 5.82 Å². The maximum Gasteiger partial charge on any atom is 0.263 e. The van der Waals surface area contributed by atoms with Gasteiger partial charge in [-0.25, -0.2) is 4.98 Å². The summed E-state index contributed by atoms with van der Waals surface area (Å²) in [6.07, 6.45) is 4.28. The van der Waals surface area contributed by atoms with Crippen molar-refractivity contribution in [2.75, 3.05) is 23.4 Å². The summed E-state index contributed by atoms with van der Waals surface area (Å²) in [5, 5.41) is 10.3. The smallest absolute Gasteiger partial charge is 0.263 e. The zero-order valence-corrected chi connectivity index (χ0v) is 12.4. The Morgan fingerprint density at radius 1 is 1.18 bits per heavy atom. The van der Waals surface area contributed by atoms with Crippen LogP contribution in [0.15, 0.2) is 10.6 Å². The van der Waals surface area contributed by atoms with Gasteiger partial charge in [0, 0.05) is 31.0 Å². The summed E-state index contributed by atoms with van der Waals surface area (Å²) < 4.78 is 5.25. The van der Waals surface area contributed by atoms with E-state index in [2.05, 4.69) is 30.7 Å². The van der Waals surface area contributed by atoms with Gasteiger partial charge < -0.3 is 20.9 Å². The van der Waals surface area contributed by atoms with E-state index in [1.54, 1.807) is 0 Å². The van der Waals surface area contributed by atoms with Gasteiger partial charge in [-0.05, 0) is 30.8 Å². The van der Waals surface area contributed by atoms with Gasteiger partial charge in [-0.3, -0.25) is 0 Å². The summed E-state index contributed by atoms with van der Waals surface area (Å²) in [6.45, 7) is 0. The van der Waals surface area contributed by atoms with Crippen LogP contribution in [0.25, 0.3) is 0 Å².